The highest BCUT2D eigenvalue weighted by atomic mass is 16.5. The molecule has 1 unspecified atom stereocenters. The van der Waals surface area contributed by atoms with Crippen molar-refractivity contribution in [1.29, 1.82) is 0 Å². The third kappa shape index (κ3) is 4.27. The summed E-state index contributed by atoms with van der Waals surface area (Å²) in [5.74, 6) is 1.86. The lowest BCUT2D eigenvalue weighted by molar-refractivity contribution is 0.0514. The number of para-hydroxylation sites is 1. The van der Waals surface area contributed by atoms with Crippen LogP contribution >= 0.6 is 0 Å². The molecular formula is C32H45NO. The van der Waals surface area contributed by atoms with Gasteiger partial charge in [-0.05, 0) is 79.2 Å². The summed E-state index contributed by atoms with van der Waals surface area (Å²) in [6.07, 6.45) is 16.2. The van der Waals surface area contributed by atoms with E-state index in [2.05, 4.69) is 56.4 Å². The molecule has 0 radical (unpaired) electrons. The van der Waals surface area contributed by atoms with Crippen LogP contribution in [0.5, 0.6) is 5.75 Å². The van der Waals surface area contributed by atoms with Gasteiger partial charge in [0, 0.05) is 16.6 Å². The Morgan fingerprint density at radius 2 is 1.68 bits per heavy atom. The van der Waals surface area contributed by atoms with Gasteiger partial charge in [0.25, 0.3) is 0 Å². The average Bonchev–Trinajstić information content (AvgIpc) is 3.12. The maximum Gasteiger partial charge on any atom is 0.119 e. The molecule has 3 aliphatic rings. The number of hydrogen-bond acceptors (Lipinski definition) is 2. The van der Waals surface area contributed by atoms with E-state index in [0.29, 0.717) is 5.41 Å². The Hall–Kier alpha value is -1.96. The molecule has 2 saturated carbocycles. The van der Waals surface area contributed by atoms with Crippen molar-refractivity contribution in [2.75, 3.05) is 11.9 Å². The standard InChI is InChI=1S/C32H45NO/c1-30(2,3)26-18-19-29-28(24-26)32-22-11-9-14-25(32)15-13-21-31(32,33-29)20-10-4-5-12-23-34-27-16-7-6-8-17-27/h6-8,16-19,24-25,33H,4-5,9-15,20-23H2,1-3H3/t25-,31+,32?/m0/s1. The summed E-state index contributed by atoms with van der Waals surface area (Å²) in [5, 5.41) is 4.22. The molecule has 3 atom stereocenters. The van der Waals surface area contributed by atoms with Crippen molar-refractivity contribution < 1.29 is 4.74 Å². The van der Waals surface area contributed by atoms with Crippen LogP contribution in [0, 0.1) is 5.92 Å². The highest BCUT2D eigenvalue weighted by molar-refractivity contribution is 5.67. The second-order valence-corrected chi connectivity index (χ2v) is 12.3. The molecule has 1 N–H and O–H groups in total. The molecule has 1 heterocycles. The lowest BCUT2D eigenvalue weighted by atomic mass is 9.49. The van der Waals surface area contributed by atoms with Gasteiger partial charge in [0.1, 0.15) is 5.75 Å². The van der Waals surface area contributed by atoms with Crippen molar-refractivity contribution >= 4 is 5.69 Å². The van der Waals surface area contributed by atoms with Crippen LogP contribution in [0.4, 0.5) is 5.69 Å². The maximum atomic E-state index is 5.91. The molecule has 2 aromatic carbocycles. The molecule has 34 heavy (non-hydrogen) atoms. The minimum Gasteiger partial charge on any atom is -0.494 e. The highest BCUT2D eigenvalue weighted by Gasteiger charge is 2.62. The SMILES string of the molecule is CC(C)(C)c1ccc2c(c1)C13CCCC[C@H]1CCC[C@@]3(CCCCCCOc1ccccc1)N2. The molecular weight excluding hydrogens is 414 g/mol. The van der Waals surface area contributed by atoms with Gasteiger partial charge in [-0.2, -0.15) is 0 Å². The van der Waals surface area contributed by atoms with Gasteiger partial charge in [-0.25, -0.2) is 0 Å². The molecule has 0 amide bonds. The van der Waals surface area contributed by atoms with Crippen molar-refractivity contribution in [1.82, 2.24) is 0 Å². The van der Waals surface area contributed by atoms with E-state index >= 15 is 0 Å². The molecule has 184 valence electrons. The molecule has 5 rings (SSSR count). The summed E-state index contributed by atoms with van der Waals surface area (Å²) in [4.78, 5) is 0. The Morgan fingerprint density at radius 3 is 2.50 bits per heavy atom. The number of unbranched alkanes of at least 4 members (excludes halogenated alkanes) is 3. The van der Waals surface area contributed by atoms with Crippen LogP contribution in [0.1, 0.15) is 109 Å². The van der Waals surface area contributed by atoms with Crippen LogP contribution in [0.15, 0.2) is 48.5 Å². The van der Waals surface area contributed by atoms with Crippen molar-refractivity contribution in [2.45, 2.75) is 114 Å². The van der Waals surface area contributed by atoms with Gasteiger partial charge in [0.15, 0.2) is 0 Å². The van der Waals surface area contributed by atoms with Gasteiger partial charge < -0.3 is 10.1 Å². The van der Waals surface area contributed by atoms with Crippen molar-refractivity contribution in [2.24, 2.45) is 5.92 Å². The van der Waals surface area contributed by atoms with Crippen LogP contribution in [0.2, 0.25) is 0 Å². The molecule has 2 aromatic rings. The Kier molecular flexibility index (Phi) is 6.70. The van der Waals surface area contributed by atoms with Crippen LogP contribution in [-0.2, 0) is 10.8 Å². The molecule has 2 heteroatoms. The van der Waals surface area contributed by atoms with Crippen molar-refractivity contribution in [3.05, 3.63) is 59.7 Å². The number of rotatable bonds is 8. The lowest BCUT2D eigenvalue weighted by Gasteiger charge is -2.57. The number of ether oxygens (including phenoxy) is 1. The third-order valence-corrected chi connectivity index (χ3v) is 9.33. The summed E-state index contributed by atoms with van der Waals surface area (Å²) >= 11 is 0. The average molecular weight is 460 g/mol. The molecule has 0 bridgehead atoms. The first kappa shape index (κ1) is 23.8. The van der Waals surface area contributed by atoms with Gasteiger partial charge in [-0.1, -0.05) is 89.6 Å². The van der Waals surface area contributed by atoms with Crippen LogP contribution < -0.4 is 10.1 Å². The molecule has 0 saturated heterocycles. The number of fused-ring (bicyclic) bond motifs is 1. The van der Waals surface area contributed by atoms with E-state index in [1.807, 2.05) is 18.2 Å². The van der Waals surface area contributed by atoms with E-state index in [1.165, 1.54) is 81.9 Å². The largest absolute Gasteiger partial charge is 0.494 e. The highest BCUT2D eigenvalue weighted by Crippen LogP contribution is 2.64. The quantitative estimate of drug-likeness (QED) is 0.398. The number of benzene rings is 2. The van der Waals surface area contributed by atoms with E-state index in [1.54, 1.807) is 5.56 Å². The Bertz CT molecular complexity index is 959. The minimum absolute atomic E-state index is 0.206. The van der Waals surface area contributed by atoms with Crippen LogP contribution in [0.3, 0.4) is 0 Å². The monoisotopic (exact) mass is 459 g/mol. The topological polar surface area (TPSA) is 21.3 Å². The predicted molar refractivity (Wildman–Crippen MR) is 144 cm³/mol. The lowest BCUT2D eigenvalue weighted by Crippen LogP contribution is -2.59. The van der Waals surface area contributed by atoms with Gasteiger partial charge in [-0.3, -0.25) is 0 Å². The number of hydrogen-bond donors (Lipinski definition) is 1. The summed E-state index contributed by atoms with van der Waals surface area (Å²) < 4.78 is 5.91. The van der Waals surface area contributed by atoms with Crippen LogP contribution in [-0.4, -0.2) is 12.1 Å². The van der Waals surface area contributed by atoms with E-state index in [-0.39, 0.29) is 11.0 Å². The number of anilines is 1. The van der Waals surface area contributed by atoms with Gasteiger partial charge in [0.05, 0.1) is 6.61 Å². The third-order valence-electron chi connectivity index (χ3n) is 9.33. The summed E-state index contributed by atoms with van der Waals surface area (Å²) in [7, 11) is 0. The van der Waals surface area contributed by atoms with E-state index in [0.717, 1.165) is 24.7 Å². The van der Waals surface area contributed by atoms with Gasteiger partial charge in [-0.15, -0.1) is 0 Å². The molecule has 0 aromatic heterocycles. The molecule has 1 spiro atoms. The molecule has 2 fully saturated rings. The van der Waals surface area contributed by atoms with Crippen molar-refractivity contribution in [3.63, 3.8) is 0 Å². The first-order valence-electron chi connectivity index (χ1n) is 14.1. The Balaban J connectivity index is 1.27. The number of nitrogens with one attached hydrogen (secondary N) is 1. The maximum absolute atomic E-state index is 5.91. The Morgan fingerprint density at radius 1 is 0.882 bits per heavy atom. The van der Waals surface area contributed by atoms with Gasteiger partial charge in [0.2, 0.25) is 0 Å². The van der Waals surface area contributed by atoms with E-state index in [9.17, 15) is 0 Å². The van der Waals surface area contributed by atoms with Crippen molar-refractivity contribution in [3.8, 4) is 5.75 Å². The first-order valence-corrected chi connectivity index (χ1v) is 14.1. The smallest absolute Gasteiger partial charge is 0.119 e. The zero-order valence-electron chi connectivity index (χ0n) is 21.8. The zero-order valence-corrected chi connectivity index (χ0v) is 21.8. The van der Waals surface area contributed by atoms with E-state index < -0.39 is 0 Å². The molecule has 1 aliphatic heterocycles. The fourth-order valence-corrected chi connectivity index (χ4v) is 7.67. The molecule has 2 nitrogen and oxygen atoms in total. The zero-order chi connectivity index (χ0) is 23.7. The summed E-state index contributed by atoms with van der Waals surface area (Å²) in [6.45, 7) is 7.93. The molecule has 2 aliphatic carbocycles. The summed E-state index contributed by atoms with van der Waals surface area (Å²) in [6, 6.07) is 17.7. The van der Waals surface area contributed by atoms with E-state index in [4.69, 9.17) is 4.74 Å². The minimum atomic E-state index is 0.206. The second-order valence-electron chi connectivity index (χ2n) is 12.3. The second kappa shape index (κ2) is 9.59. The van der Waals surface area contributed by atoms with Crippen LogP contribution in [0.25, 0.3) is 0 Å². The first-order chi connectivity index (χ1) is 16.4. The normalized spacial score (nSPS) is 27.9. The fraction of sp³-hybridized carbons (Fsp3) is 0.625. The van der Waals surface area contributed by atoms with Gasteiger partial charge >= 0.3 is 0 Å². The summed E-state index contributed by atoms with van der Waals surface area (Å²) in [5.41, 5.74) is 5.48. The Labute approximate surface area is 207 Å². The fourth-order valence-electron chi connectivity index (χ4n) is 7.67. The predicted octanol–water partition coefficient (Wildman–Crippen LogP) is 8.79.